The van der Waals surface area contributed by atoms with E-state index >= 15 is 0 Å². The van der Waals surface area contributed by atoms with Gasteiger partial charge in [-0.1, -0.05) is 29.3 Å². The van der Waals surface area contributed by atoms with Crippen LogP contribution in [0.15, 0.2) is 18.2 Å². The molecule has 1 aliphatic rings. The van der Waals surface area contributed by atoms with E-state index < -0.39 is 0 Å². The fourth-order valence-electron chi connectivity index (χ4n) is 2.53. The van der Waals surface area contributed by atoms with Gasteiger partial charge in [-0.25, -0.2) is 0 Å². The van der Waals surface area contributed by atoms with Crippen LogP contribution < -0.4 is 5.32 Å². The summed E-state index contributed by atoms with van der Waals surface area (Å²) >= 11 is 12.1. The number of halogens is 2. The molecule has 2 rings (SSSR count). The van der Waals surface area contributed by atoms with Crippen molar-refractivity contribution in [2.45, 2.75) is 19.4 Å². The van der Waals surface area contributed by atoms with Gasteiger partial charge in [0.15, 0.2) is 0 Å². The lowest BCUT2D eigenvalue weighted by Gasteiger charge is -2.27. The van der Waals surface area contributed by atoms with Gasteiger partial charge in [-0.3, -0.25) is 0 Å². The molecule has 1 aliphatic heterocycles. The molecule has 1 aromatic rings. The van der Waals surface area contributed by atoms with E-state index in [1.165, 1.54) is 19.4 Å². The van der Waals surface area contributed by atoms with Gasteiger partial charge in [-0.15, -0.1) is 0 Å². The Labute approximate surface area is 119 Å². The van der Waals surface area contributed by atoms with Crippen molar-refractivity contribution >= 4 is 23.2 Å². The van der Waals surface area contributed by atoms with Gasteiger partial charge >= 0.3 is 0 Å². The highest BCUT2D eigenvalue weighted by Gasteiger charge is 2.15. The highest BCUT2D eigenvalue weighted by atomic mass is 35.5. The smallest absolute Gasteiger partial charge is 0.0465 e. The van der Waals surface area contributed by atoms with Crippen molar-refractivity contribution in [3.63, 3.8) is 0 Å². The Bertz CT molecular complexity index is 389. The standard InChI is InChI=1S/C14H20Cl2N2/c1-18(9-11-3-2-6-17-8-11)10-12-4-5-13(15)7-14(12)16/h4-5,7,11,17H,2-3,6,8-10H2,1H3. The summed E-state index contributed by atoms with van der Waals surface area (Å²) in [5, 5.41) is 4.91. The van der Waals surface area contributed by atoms with Crippen LogP contribution in [0, 0.1) is 5.92 Å². The molecule has 0 amide bonds. The first-order chi connectivity index (χ1) is 8.65. The van der Waals surface area contributed by atoms with Crippen LogP contribution in [0.4, 0.5) is 0 Å². The molecule has 0 radical (unpaired) electrons. The quantitative estimate of drug-likeness (QED) is 0.912. The van der Waals surface area contributed by atoms with Crippen LogP contribution in [0.2, 0.25) is 10.0 Å². The van der Waals surface area contributed by atoms with Gasteiger partial charge in [0.05, 0.1) is 0 Å². The largest absolute Gasteiger partial charge is 0.316 e. The average molecular weight is 287 g/mol. The summed E-state index contributed by atoms with van der Waals surface area (Å²) in [6, 6.07) is 5.73. The van der Waals surface area contributed by atoms with Gasteiger partial charge < -0.3 is 10.2 Å². The molecular formula is C14H20Cl2N2. The Balaban J connectivity index is 1.87. The first kappa shape index (κ1) is 14.1. The Hall–Kier alpha value is -0.280. The molecule has 4 heteroatoms. The van der Waals surface area contributed by atoms with E-state index in [0.717, 1.165) is 36.1 Å². The number of rotatable bonds is 4. The van der Waals surface area contributed by atoms with E-state index in [1.807, 2.05) is 18.2 Å². The van der Waals surface area contributed by atoms with E-state index in [9.17, 15) is 0 Å². The van der Waals surface area contributed by atoms with Gasteiger partial charge in [0.1, 0.15) is 0 Å². The zero-order valence-corrected chi connectivity index (χ0v) is 12.3. The average Bonchev–Trinajstić information content (AvgIpc) is 2.34. The Morgan fingerprint density at radius 1 is 1.39 bits per heavy atom. The van der Waals surface area contributed by atoms with E-state index in [0.29, 0.717) is 5.02 Å². The molecule has 1 aromatic carbocycles. The highest BCUT2D eigenvalue weighted by Crippen LogP contribution is 2.22. The maximum Gasteiger partial charge on any atom is 0.0465 e. The van der Waals surface area contributed by atoms with Gasteiger partial charge in [0.25, 0.3) is 0 Å². The van der Waals surface area contributed by atoms with Crippen molar-refractivity contribution < 1.29 is 0 Å². The van der Waals surface area contributed by atoms with Crippen LogP contribution in [0.3, 0.4) is 0 Å². The third-order valence-corrected chi connectivity index (χ3v) is 4.01. The van der Waals surface area contributed by atoms with Crippen molar-refractivity contribution in [2.24, 2.45) is 5.92 Å². The molecule has 0 aliphatic carbocycles. The summed E-state index contributed by atoms with van der Waals surface area (Å²) in [4.78, 5) is 2.34. The summed E-state index contributed by atoms with van der Waals surface area (Å²) in [6.45, 7) is 4.31. The number of benzene rings is 1. The summed E-state index contributed by atoms with van der Waals surface area (Å²) in [5.41, 5.74) is 1.15. The van der Waals surface area contributed by atoms with Crippen LogP contribution in [-0.4, -0.2) is 31.6 Å². The predicted octanol–water partition coefficient (Wildman–Crippen LogP) is 3.42. The Kier molecular flexibility index (Phi) is 5.31. The SMILES string of the molecule is CN(Cc1ccc(Cl)cc1Cl)CC1CCCNC1. The number of piperidine rings is 1. The molecule has 18 heavy (non-hydrogen) atoms. The zero-order valence-electron chi connectivity index (χ0n) is 10.8. The second-order valence-corrected chi connectivity index (χ2v) is 5.99. The van der Waals surface area contributed by atoms with Crippen molar-refractivity contribution in [1.82, 2.24) is 10.2 Å². The molecule has 100 valence electrons. The Morgan fingerprint density at radius 2 is 2.22 bits per heavy atom. The molecule has 1 unspecified atom stereocenters. The maximum atomic E-state index is 6.19. The molecule has 2 nitrogen and oxygen atoms in total. The molecule has 0 bridgehead atoms. The normalized spacial score (nSPS) is 20.3. The first-order valence-corrected chi connectivity index (χ1v) is 7.24. The van der Waals surface area contributed by atoms with Crippen molar-refractivity contribution in [3.05, 3.63) is 33.8 Å². The fraction of sp³-hybridized carbons (Fsp3) is 0.571. The Morgan fingerprint density at radius 3 is 2.89 bits per heavy atom. The highest BCUT2D eigenvalue weighted by molar-refractivity contribution is 6.35. The number of hydrogen-bond donors (Lipinski definition) is 1. The monoisotopic (exact) mass is 286 g/mol. The van der Waals surface area contributed by atoms with Gasteiger partial charge in [-0.05, 0) is 56.6 Å². The molecule has 0 aromatic heterocycles. The van der Waals surface area contributed by atoms with E-state index in [2.05, 4.69) is 17.3 Å². The molecule has 1 atom stereocenters. The van der Waals surface area contributed by atoms with Crippen LogP contribution in [0.25, 0.3) is 0 Å². The second-order valence-electron chi connectivity index (χ2n) is 5.14. The van der Waals surface area contributed by atoms with E-state index in [1.54, 1.807) is 0 Å². The summed E-state index contributed by atoms with van der Waals surface area (Å²) in [7, 11) is 2.15. The number of nitrogens with zero attached hydrogens (tertiary/aromatic N) is 1. The molecule has 1 N–H and O–H groups in total. The topological polar surface area (TPSA) is 15.3 Å². The minimum Gasteiger partial charge on any atom is -0.316 e. The molecule has 0 saturated carbocycles. The van der Waals surface area contributed by atoms with Gasteiger partial charge in [0.2, 0.25) is 0 Å². The summed E-state index contributed by atoms with van der Waals surface area (Å²) < 4.78 is 0. The van der Waals surface area contributed by atoms with E-state index in [-0.39, 0.29) is 0 Å². The third-order valence-electron chi connectivity index (χ3n) is 3.42. The lowest BCUT2D eigenvalue weighted by Crippen LogP contribution is -2.36. The van der Waals surface area contributed by atoms with Crippen LogP contribution >= 0.6 is 23.2 Å². The van der Waals surface area contributed by atoms with Crippen LogP contribution in [0.5, 0.6) is 0 Å². The lowest BCUT2D eigenvalue weighted by atomic mass is 9.99. The number of hydrogen-bond acceptors (Lipinski definition) is 2. The third kappa shape index (κ3) is 4.13. The first-order valence-electron chi connectivity index (χ1n) is 6.48. The summed E-state index contributed by atoms with van der Waals surface area (Å²) in [5.74, 6) is 0.759. The van der Waals surface area contributed by atoms with Crippen molar-refractivity contribution in [3.8, 4) is 0 Å². The number of nitrogens with one attached hydrogen (secondary N) is 1. The van der Waals surface area contributed by atoms with Crippen molar-refractivity contribution in [2.75, 3.05) is 26.7 Å². The maximum absolute atomic E-state index is 6.19. The fourth-order valence-corrected chi connectivity index (χ4v) is 2.99. The molecular weight excluding hydrogens is 267 g/mol. The van der Waals surface area contributed by atoms with Crippen LogP contribution in [0.1, 0.15) is 18.4 Å². The van der Waals surface area contributed by atoms with E-state index in [4.69, 9.17) is 23.2 Å². The predicted molar refractivity (Wildman–Crippen MR) is 78.4 cm³/mol. The molecule has 1 fully saturated rings. The summed E-state index contributed by atoms with van der Waals surface area (Å²) in [6.07, 6.45) is 2.62. The van der Waals surface area contributed by atoms with Gasteiger partial charge in [-0.2, -0.15) is 0 Å². The molecule has 1 heterocycles. The molecule has 1 saturated heterocycles. The van der Waals surface area contributed by atoms with Crippen LogP contribution in [-0.2, 0) is 6.54 Å². The minimum absolute atomic E-state index is 0.697. The molecule has 0 spiro atoms. The van der Waals surface area contributed by atoms with Crippen molar-refractivity contribution in [1.29, 1.82) is 0 Å². The minimum atomic E-state index is 0.697. The van der Waals surface area contributed by atoms with Gasteiger partial charge in [0, 0.05) is 23.1 Å². The lowest BCUT2D eigenvalue weighted by molar-refractivity contribution is 0.237. The second kappa shape index (κ2) is 6.76. The zero-order chi connectivity index (χ0) is 13.0.